The number of fused-ring (bicyclic) bond motifs is 4. The predicted octanol–water partition coefficient (Wildman–Crippen LogP) is 4.80. The second-order valence-corrected chi connectivity index (χ2v) is 7.76. The van der Waals surface area contributed by atoms with E-state index in [-0.39, 0.29) is 12.3 Å². The molecule has 2 N–H and O–H groups in total. The van der Waals surface area contributed by atoms with Crippen molar-refractivity contribution < 1.29 is 14.7 Å². The van der Waals surface area contributed by atoms with Gasteiger partial charge in [0.05, 0.1) is 6.42 Å². The van der Waals surface area contributed by atoms with E-state index in [0.29, 0.717) is 5.56 Å². The van der Waals surface area contributed by atoms with Crippen LogP contribution in [0.2, 0.25) is 0 Å². The van der Waals surface area contributed by atoms with Crippen molar-refractivity contribution in [1.82, 2.24) is 9.88 Å². The van der Waals surface area contributed by atoms with E-state index in [0.717, 1.165) is 34.7 Å². The molecular weight excluding hydrogens is 388 g/mol. The fourth-order valence-corrected chi connectivity index (χ4v) is 4.35. The third-order valence-corrected chi connectivity index (χ3v) is 5.81. The Morgan fingerprint density at radius 2 is 1.71 bits per heavy atom. The number of hydrogen-bond donors (Lipinski definition) is 2. The molecule has 2 heterocycles. The Bertz CT molecular complexity index is 1260. The molecule has 0 radical (unpaired) electrons. The van der Waals surface area contributed by atoms with Crippen LogP contribution in [0.25, 0.3) is 21.7 Å². The molecule has 0 atom stereocenters. The highest BCUT2D eigenvalue weighted by molar-refractivity contribution is 5.98. The first-order valence-corrected chi connectivity index (χ1v) is 10.6. The van der Waals surface area contributed by atoms with Crippen molar-refractivity contribution in [2.45, 2.75) is 32.2 Å². The van der Waals surface area contributed by atoms with Crippen LogP contribution in [-0.4, -0.2) is 28.6 Å². The topological polar surface area (TPSA) is 71.3 Å². The molecule has 5 nitrogen and oxygen atoms in total. The van der Waals surface area contributed by atoms with E-state index in [9.17, 15) is 9.59 Å². The number of aliphatic carboxylic acids is 1. The Kier molecular flexibility index (Phi) is 6.03. The standard InChI is InChI=1S/C14H15NO2.C12H11NO/c16-14(17)9-11-10-5-1-2-6-12(10)15-8-4-3-7-13(11)15;1-13-12(14)11-7-6-9-4-2-3-5-10(9)8-11/h1-2,5-6H,3-4,7-9H2,(H,16,17);2-8H,1H3,(H,13,14). The lowest BCUT2D eigenvalue weighted by atomic mass is 10.0. The number of nitrogens with one attached hydrogen (secondary N) is 1. The minimum atomic E-state index is -0.741. The summed E-state index contributed by atoms with van der Waals surface area (Å²) < 4.78 is 2.30. The lowest BCUT2D eigenvalue weighted by molar-refractivity contribution is -0.136. The molecule has 0 saturated heterocycles. The molecule has 158 valence electrons. The van der Waals surface area contributed by atoms with Gasteiger partial charge in [-0.05, 0) is 53.8 Å². The van der Waals surface area contributed by atoms with Gasteiger partial charge in [-0.3, -0.25) is 9.59 Å². The second kappa shape index (κ2) is 9.04. The Labute approximate surface area is 181 Å². The Morgan fingerprint density at radius 3 is 2.48 bits per heavy atom. The third-order valence-electron chi connectivity index (χ3n) is 5.81. The van der Waals surface area contributed by atoms with Crippen LogP contribution in [0.1, 0.15) is 34.5 Å². The molecule has 31 heavy (non-hydrogen) atoms. The van der Waals surface area contributed by atoms with E-state index in [2.05, 4.69) is 16.0 Å². The summed E-state index contributed by atoms with van der Waals surface area (Å²) in [6.45, 7) is 1.02. The van der Waals surface area contributed by atoms with Crippen molar-refractivity contribution >= 4 is 33.6 Å². The number of nitrogens with zero attached hydrogens (tertiary/aromatic N) is 1. The number of carbonyl (C=O) groups is 2. The quantitative estimate of drug-likeness (QED) is 0.506. The molecule has 5 rings (SSSR count). The van der Waals surface area contributed by atoms with Crippen LogP contribution in [0.15, 0.2) is 66.7 Å². The lowest BCUT2D eigenvalue weighted by Crippen LogP contribution is -2.17. The molecule has 4 aromatic rings. The van der Waals surface area contributed by atoms with Gasteiger partial charge >= 0.3 is 5.97 Å². The number of amides is 1. The van der Waals surface area contributed by atoms with Crippen LogP contribution in [0.3, 0.4) is 0 Å². The van der Waals surface area contributed by atoms with Gasteiger partial charge in [0.2, 0.25) is 0 Å². The van der Waals surface area contributed by atoms with Gasteiger partial charge in [-0.1, -0.05) is 48.5 Å². The van der Waals surface area contributed by atoms with Crippen LogP contribution in [-0.2, 0) is 24.2 Å². The summed E-state index contributed by atoms with van der Waals surface area (Å²) in [5, 5.41) is 15.0. The van der Waals surface area contributed by atoms with Crippen molar-refractivity contribution in [3.63, 3.8) is 0 Å². The van der Waals surface area contributed by atoms with Crippen molar-refractivity contribution in [2.24, 2.45) is 0 Å². The molecule has 1 amide bonds. The number of carboxylic acids is 1. The van der Waals surface area contributed by atoms with Gasteiger partial charge in [0.25, 0.3) is 5.91 Å². The molecule has 1 aliphatic heterocycles. The predicted molar refractivity (Wildman–Crippen MR) is 124 cm³/mol. The summed E-state index contributed by atoms with van der Waals surface area (Å²) in [4.78, 5) is 22.3. The van der Waals surface area contributed by atoms with Gasteiger partial charge in [0.15, 0.2) is 0 Å². The number of benzene rings is 3. The molecular formula is C26H26N2O3. The summed E-state index contributed by atoms with van der Waals surface area (Å²) in [7, 11) is 1.64. The first-order chi connectivity index (χ1) is 15.1. The number of aromatic nitrogens is 1. The fourth-order valence-electron chi connectivity index (χ4n) is 4.35. The number of aryl methyl sites for hydroxylation is 1. The highest BCUT2D eigenvalue weighted by Crippen LogP contribution is 2.31. The Hall–Kier alpha value is -3.60. The van der Waals surface area contributed by atoms with Gasteiger partial charge in [-0.2, -0.15) is 0 Å². The zero-order valence-corrected chi connectivity index (χ0v) is 17.6. The zero-order valence-electron chi connectivity index (χ0n) is 17.6. The average molecular weight is 415 g/mol. The number of hydrogen-bond acceptors (Lipinski definition) is 2. The average Bonchev–Trinajstić information content (AvgIpc) is 3.12. The van der Waals surface area contributed by atoms with Crippen LogP contribution < -0.4 is 5.32 Å². The van der Waals surface area contributed by atoms with Crippen LogP contribution in [0, 0.1) is 0 Å². The molecule has 3 aromatic carbocycles. The number of carboxylic acid groups (broad SMARTS) is 1. The molecule has 0 bridgehead atoms. The number of carbonyl (C=O) groups excluding carboxylic acids is 1. The fraction of sp³-hybridized carbons (Fsp3) is 0.231. The maximum absolute atomic E-state index is 11.3. The van der Waals surface area contributed by atoms with Crippen LogP contribution in [0.4, 0.5) is 0 Å². The van der Waals surface area contributed by atoms with E-state index in [1.165, 1.54) is 24.1 Å². The van der Waals surface area contributed by atoms with Crippen molar-refractivity contribution in [1.29, 1.82) is 0 Å². The second-order valence-electron chi connectivity index (χ2n) is 7.76. The Balaban J connectivity index is 0.000000152. The molecule has 0 aliphatic carbocycles. The normalized spacial score (nSPS) is 12.7. The first kappa shape index (κ1) is 20.7. The third kappa shape index (κ3) is 4.31. The largest absolute Gasteiger partial charge is 0.481 e. The van der Waals surface area contributed by atoms with Gasteiger partial charge in [-0.25, -0.2) is 0 Å². The smallest absolute Gasteiger partial charge is 0.307 e. The summed E-state index contributed by atoms with van der Waals surface area (Å²) in [6, 6.07) is 21.8. The van der Waals surface area contributed by atoms with Crippen molar-refractivity contribution in [2.75, 3.05) is 7.05 Å². The molecule has 0 saturated carbocycles. The van der Waals surface area contributed by atoms with Gasteiger partial charge in [0.1, 0.15) is 0 Å². The zero-order chi connectivity index (χ0) is 21.8. The molecule has 0 spiro atoms. The highest BCUT2D eigenvalue weighted by Gasteiger charge is 2.20. The van der Waals surface area contributed by atoms with Crippen molar-refractivity contribution in [3.05, 3.63) is 83.6 Å². The monoisotopic (exact) mass is 414 g/mol. The first-order valence-electron chi connectivity index (χ1n) is 10.6. The maximum atomic E-state index is 11.3. The summed E-state index contributed by atoms with van der Waals surface area (Å²) in [6.07, 6.45) is 3.52. The molecule has 0 unspecified atom stereocenters. The number of para-hydroxylation sites is 1. The van der Waals surface area contributed by atoms with Crippen LogP contribution in [0.5, 0.6) is 0 Å². The summed E-state index contributed by atoms with van der Waals surface area (Å²) >= 11 is 0. The van der Waals surface area contributed by atoms with E-state index in [1.807, 2.05) is 60.7 Å². The lowest BCUT2D eigenvalue weighted by Gasteiger charge is -2.16. The summed E-state index contributed by atoms with van der Waals surface area (Å²) in [5.74, 6) is -0.787. The highest BCUT2D eigenvalue weighted by atomic mass is 16.4. The number of rotatable bonds is 3. The van der Waals surface area contributed by atoms with E-state index < -0.39 is 5.97 Å². The van der Waals surface area contributed by atoms with Gasteiger partial charge in [0, 0.05) is 35.8 Å². The van der Waals surface area contributed by atoms with E-state index in [1.54, 1.807) is 7.05 Å². The minimum Gasteiger partial charge on any atom is -0.481 e. The molecule has 5 heteroatoms. The molecule has 0 fully saturated rings. The summed E-state index contributed by atoms with van der Waals surface area (Å²) in [5.41, 5.74) is 4.15. The van der Waals surface area contributed by atoms with Crippen molar-refractivity contribution in [3.8, 4) is 0 Å². The van der Waals surface area contributed by atoms with E-state index >= 15 is 0 Å². The molecule has 1 aliphatic rings. The van der Waals surface area contributed by atoms with Crippen LogP contribution >= 0.6 is 0 Å². The van der Waals surface area contributed by atoms with E-state index in [4.69, 9.17) is 5.11 Å². The van der Waals surface area contributed by atoms with Gasteiger partial charge < -0.3 is 15.0 Å². The maximum Gasteiger partial charge on any atom is 0.307 e. The molecule has 1 aromatic heterocycles. The minimum absolute atomic E-state index is 0.0456. The van der Waals surface area contributed by atoms with Gasteiger partial charge in [-0.15, -0.1) is 0 Å². The Morgan fingerprint density at radius 1 is 0.968 bits per heavy atom. The SMILES string of the molecule is CNC(=O)c1ccc2ccccc2c1.O=C(O)Cc1c2n(c3ccccc13)CCCC2.